The molecule has 4 nitrogen and oxygen atoms in total. The summed E-state index contributed by atoms with van der Waals surface area (Å²) in [4.78, 5) is 16.5. The van der Waals surface area contributed by atoms with Crippen molar-refractivity contribution >= 4 is 23.4 Å². The molecule has 0 atom stereocenters. The van der Waals surface area contributed by atoms with Crippen LogP contribution in [-0.2, 0) is 0 Å². The van der Waals surface area contributed by atoms with Gasteiger partial charge in [-0.25, -0.2) is 18.2 Å². The van der Waals surface area contributed by atoms with Crippen molar-refractivity contribution in [2.75, 3.05) is 11.6 Å². The summed E-state index contributed by atoms with van der Waals surface area (Å²) in [5, 5.41) is 2.87. The van der Waals surface area contributed by atoms with Crippen LogP contribution >= 0.6 is 11.8 Å². The molecule has 1 aromatic heterocycles. The van der Waals surface area contributed by atoms with Gasteiger partial charge in [0.2, 0.25) is 0 Å². The van der Waals surface area contributed by atoms with Crippen LogP contribution in [-0.4, -0.2) is 21.7 Å². The quantitative estimate of drug-likeness (QED) is 0.705. The Labute approximate surface area is 145 Å². The number of anilines is 1. The number of carbonyl (C=O) groups is 1. The lowest BCUT2D eigenvalue weighted by Crippen LogP contribution is -2.15. The molecule has 0 aliphatic rings. The van der Waals surface area contributed by atoms with E-state index in [1.807, 2.05) is 6.26 Å². The minimum Gasteiger partial charge on any atom is -0.317 e. The van der Waals surface area contributed by atoms with Crippen molar-refractivity contribution in [1.82, 2.24) is 9.55 Å². The number of aromatic nitrogens is 2. The summed E-state index contributed by atoms with van der Waals surface area (Å²) in [6.07, 6.45) is 5.24. The fourth-order valence-electron chi connectivity index (χ4n) is 2.28. The van der Waals surface area contributed by atoms with E-state index in [1.165, 1.54) is 17.8 Å². The van der Waals surface area contributed by atoms with Crippen LogP contribution in [0.4, 0.5) is 18.9 Å². The Morgan fingerprint density at radius 2 is 1.88 bits per heavy atom. The third-order valence-corrected chi connectivity index (χ3v) is 4.09. The number of benzene rings is 2. The van der Waals surface area contributed by atoms with Crippen LogP contribution in [0.25, 0.3) is 5.69 Å². The lowest BCUT2D eigenvalue weighted by Gasteiger charge is -2.10. The van der Waals surface area contributed by atoms with Crippen molar-refractivity contribution in [3.63, 3.8) is 0 Å². The molecule has 8 heteroatoms. The normalized spacial score (nSPS) is 10.7. The molecule has 3 rings (SSSR count). The second-order valence-electron chi connectivity index (χ2n) is 5.03. The highest BCUT2D eigenvalue weighted by molar-refractivity contribution is 7.98. The molecule has 1 heterocycles. The van der Waals surface area contributed by atoms with Crippen LogP contribution in [0.15, 0.2) is 53.9 Å². The number of nitrogens with one attached hydrogen (secondary N) is 1. The number of nitrogens with zero attached hydrogens (tertiary/aromatic N) is 2. The van der Waals surface area contributed by atoms with Gasteiger partial charge in [0.1, 0.15) is 11.5 Å². The summed E-state index contributed by atoms with van der Waals surface area (Å²) in [5.41, 5.74) is 0.181. The van der Waals surface area contributed by atoms with Crippen LogP contribution in [0.1, 0.15) is 10.4 Å². The Balaban J connectivity index is 1.90. The maximum absolute atomic E-state index is 13.7. The lowest BCUT2D eigenvalue weighted by atomic mass is 10.1. The molecule has 1 N–H and O–H groups in total. The molecule has 0 aliphatic carbocycles. The van der Waals surface area contributed by atoms with Gasteiger partial charge in [-0.1, -0.05) is 17.8 Å². The fraction of sp³-hybridized carbons (Fsp3) is 0.0588. The van der Waals surface area contributed by atoms with Crippen molar-refractivity contribution in [1.29, 1.82) is 0 Å². The first-order chi connectivity index (χ1) is 12.0. The number of thioether (sulfide) groups is 1. The van der Waals surface area contributed by atoms with Crippen molar-refractivity contribution in [2.24, 2.45) is 0 Å². The fourth-order valence-corrected chi connectivity index (χ4v) is 2.81. The van der Waals surface area contributed by atoms with Crippen LogP contribution < -0.4 is 5.32 Å². The number of amides is 1. The van der Waals surface area contributed by atoms with Gasteiger partial charge in [0.25, 0.3) is 5.91 Å². The summed E-state index contributed by atoms with van der Waals surface area (Å²) < 4.78 is 42.1. The predicted octanol–water partition coefficient (Wildman–Crippen LogP) is 4.26. The monoisotopic (exact) mass is 363 g/mol. The van der Waals surface area contributed by atoms with Gasteiger partial charge in [0.15, 0.2) is 16.8 Å². The number of halogens is 3. The molecule has 25 heavy (non-hydrogen) atoms. The van der Waals surface area contributed by atoms with Crippen LogP contribution in [0.5, 0.6) is 0 Å². The molecule has 1 amide bonds. The maximum atomic E-state index is 13.7. The molecule has 0 saturated heterocycles. The Hall–Kier alpha value is -2.74. The minimum atomic E-state index is -1.18. The molecule has 0 fully saturated rings. The van der Waals surface area contributed by atoms with Gasteiger partial charge in [-0.3, -0.25) is 9.36 Å². The van der Waals surface area contributed by atoms with E-state index in [4.69, 9.17) is 0 Å². The van der Waals surface area contributed by atoms with E-state index in [0.29, 0.717) is 17.8 Å². The zero-order valence-corrected chi connectivity index (χ0v) is 13.8. The van der Waals surface area contributed by atoms with Crippen LogP contribution in [0, 0.1) is 17.5 Å². The first kappa shape index (κ1) is 17.1. The second kappa shape index (κ2) is 7.02. The van der Waals surface area contributed by atoms with E-state index in [2.05, 4.69) is 10.3 Å². The van der Waals surface area contributed by atoms with E-state index in [0.717, 1.165) is 5.16 Å². The van der Waals surface area contributed by atoms with Crippen molar-refractivity contribution in [3.05, 3.63) is 71.8 Å². The highest BCUT2D eigenvalue weighted by atomic mass is 32.2. The van der Waals surface area contributed by atoms with Crippen molar-refractivity contribution in [3.8, 4) is 5.69 Å². The van der Waals surface area contributed by atoms with E-state index in [-0.39, 0.29) is 5.56 Å². The number of imidazole rings is 1. The van der Waals surface area contributed by atoms with E-state index in [1.54, 1.807) is 35.2 Å². The first-order valence-corrected chi connectivity index (χ1v) is 8.35. The van der Waals surface area contributed by atoms with Gasteiger partial charge in [-0.05, 0) is 24.5 Å². The Kier molecular flexibility index (Phi) is 4.80. The summed E-state index contributed by atoms with van der Waals surface area (Å²) in [6, 6.07) is 7.50. The van der Waals surface area contributed by atoms with Gasteiger partial charge >= 0.3 is 0 Å². The average molecular weight is 363 g/mol. The molecular formula is C17H12F3N3OS. The highest BCUT2D eigenvalue weighted by Crippen LogP contribution is 2.22. The van der Waals surface area contributed by atoms with E-state index >= 15 is 0 Å². The summed E-state index contributed by atoms with van der Waals surface area (Å²) in [6.45, 7) is 0. The van der Waals surface area contributed by atoms with Gasteiger partial charge in [-0.15, -0.1) is 0 Å². The largest absolute Gasteiger partial charge is 0.317 e. The van der Waals surface area contributed by atoms with E-state index in [9.17, 15) is 18.0 Å². The predicted molar refractivity (Wildman–Crippen MR) is 89.6 cm³/mol. The SMILES string of the molecule is CSc1nccn1-c1cccc(C(=O)Nc2c(F)cc(F)cc2F)c1. The molecule has 0 radical (unpaired) electrons. The van der Waals surface area contributed by atoms with Gasteiger partial charge in [0.05, 0.1) is 0 Å². The molecular weight excluding hydrogens is 351 g/mol. The summed E-state index contributed by atoms with van der Waals surface area (Å²) >= 11 is 1.44. The average Bonchev–Trinajstić information content (AvgIpc) is 3.06. The van der Waals surface area contributed by atoms with Gasteiger partial charge in [-0.2, -0.15) is 0 Å². The minimum absolute atomic E-state index is 0.196. The first-order valence-electron chi connectivity index (χ1n) is 7.13. The summed E-state index contributed by atoms with van der Waals surface area (Å²) in [7, 11) is 0. The number of hydrogen-bond donors (Lipinski definition) is 1. The number of carbonyl (C=O) groups excluding carboxylic acids is 1. The van der Waals surface area contributed by atoms with Crippen LogP contribution in [0.3, 0.4) is 0 Å². The molecule has 0 spiro atoms. The Morgan fingerprint density at radius 3 is 2.56 bits per heavy atom. The molecule has 2 aromatic carbocycles. The van der Waals surface area contributed by atoms with E-state index < -0.39 is 29.0 Å². The third-order valence-electron chi connectivity index (χ3n) is 3.42. The Morgan fingerprint density at radius 1 is 1.16 bits per heavy atom. The lowest BCUT2D eigenvalue weighted by molar-refractivity contribution is 0.102. The van der Waals surface area contributed by atoms with Crippen LogP contribution in [0.2, 0.25) is 0 Å². The number of rotatable bonds is 4. The molecule has 0 saturated carbocycles. The van der Waals surface area contributed by atoms with Gasteiger partial charge < -0.3 is 5.32 Å². The van der Waals surface area contributed by atoms with Crippen molar-refractivity contribution in [2.45, 2.75) is 5.16 Å². The van der Waals surface area contributed by atoms with Gasteiger partial charge in [0, 0.05) is 35.8 Å². The zero-order chi connectivity index (χ0) is 18.0. The maximum Gasteiger partial charge on any atom is 0.255 e. The number of hydrogen-bond acceptors (Lipinski definition) is 3. The molecule has 3 aromatic rings. The second-order valence-corrected chi connectivity index (χ2v) is 5.81. The molecule has 0 unspecified atom stereocenters. The topological polar surface area (TPSA) is 46.9 Å². The standard InChI is InChI=1S/C17H12F3N3OS/c1-25-17-21-5-6-23(17)12-4-2-3-10(7-12)16(24)22-15-13(19)8-11(18)9-14(15)20/h2-9H,1H3,(H,22,24). The van der Waals surface area contributed by atoms with Crippen molar-refractivity contribution < 1.29 is 18.0 Å². The third kappa shape index (κ3) is 3.53. The highest BCUT2D eigenvalue weighted by Gasteiger charge is 2.16. The summed E-state index contributed by atoms with van der Waals surface area (Å²) in [5.74, 6) is -4.13. The molecule has 0 bridgehead atoms. The molecule has 128 valence electrons. The Bertz CT molecular complexity index is 919. The smallest absolute Gasteiger partial charge is 0.255 e. The molecule has 0 aliphatic heterocycles. The zero-order valence-electron chi connectivity index (χ0n) is 13.0.